The minimum Gasteiger partial charge on any atom is -0.507 e. The molecule has 0 radical (unpaired) electrons. The fraction of sp³-hybridized carbons (Fsp3) is 0.143. The maximum Gasteiger partial charge on any atom is 0.131 e. The van der Waals surface area contributed by atoms with E-state index in [4.69, 9.17) is 0 Å². The second-order valence-corrected chi connectivity index (χ2v) is 8.60. The molecule has 0 aliphatic rings. The second-order valence-electron chi connectivity index (χ2n) is 8.60. The van der Waals surface area contributed by atoms with Crippen molar-refractivity contribution in [2.45, 2.75) is 26.2 Å². The summed E-state index contributed by atoms with van der Waals surface area (Å²) in [6, 6.07) is 29.4. The molecule has 0 aromatic heterocycles. The normalized spacial score (nSPS) is 11.4. The zero-order valence-corrected chi connectivity index (χ0v) is 17.6. The van der Waals surface area contributed by atoms with Crippen molar-refractivity contribution >= 4 is 0 Å². The molecule has 30 heavy (non-hydrogen) atoms. The maximum atomic E-state index is 11.4. The van der Waals surface area contributed by atoms with Gasteiger partial charge in [0, 0.05) is 16.7 Å². The lowest BCUT2D eigenvalue weighted by atomic mass is 9.80. The molecule has 0 saturated heterocycles. The van der Waals surface area contributed by atoms with Gasteiger partial charge >= 0.3 is 0 Å². The van der Waals surface area contributed by atoms with E-state index in [1.54, 1.807) is 6.07 Å². The van der Waals surface area contributed by atoms with Crippen LogP contribution in [0, 0.1) is 0 Å². The molecule has 4 rings (SSSR count). The van der Waals surface area contributed by atoms with Gasteiger partial charge in [-0.05, 0) is 39.8 Å². The van der Waals surface area contributed by atoms with Crippen molar-refractivity contribution < 1.29 is 10.2 Å². The predicted octanol–water partition coefficient (Wildman–Crippen LogP) is 7.40. The molecule has 4 aromatic rings. The third-order valence-electron chi connectivity index (χ3n) is 5.44. The summed E-state index contributed by atoms with van der Waals surface area (Å²) < 4.78 is 0. The summed E-state index contributed by atoms with van der Waals surface area (Å²) in [5, 5.41) is 21.8. The Hall–Kier alpha value is -3.52. The smallest absolute Gasteiger partial charge is 0.131 e. The van der Waals surface area contributed by atoms with Crippen molar-refractivity contribution in [2.24, 2.45) is 0 Å². The van der Waals surface area contributed by atoms with Crippen LogP contribution in [0.1, 0.15) is 26.3 Å². The largest absolute Gasteiger partial charge is 0.507 e. The van der Waals surface area contributed by atoms with E-state index in [9.17, 15) is 10.2 Å². The highest BCUT2D eigenvalue weighted by Crippen LogP contribution is 2.45. The predicted molar refractivity (Wildman–Crippen MR) is 125 cm³/mol. The van der Waals surface area contributed by atoms with Crippen LogP contribution >= 0.6 is 0 Å². The maximum absolute atomic E-state index is 11.4. The van der Waals surface area contributed by atoms with Gasteiger partial charge in [0.15, 0.2) is 0 Å². The van der Waals surface area contributed by atoms with E-state index in [-0.39, 0.29) is 16.9 Å². The zero-order chi connectivity index (χ0) is 21.3. The number of phenols is 2. The van der Waals surface area contributed by atoms with E-state index in [0.29, 0.717) is 0 Å². The fourth-order valence-corrected chi connectivity index (χ4v) is 3.90. The summed E-state index contributed by atoms with van der Waals surface area (Å²) in [5.41, 5.74) is 6.11. The molecule has 0 saturated carbocycles. The average Bonchev–Trinajstić information content (AvgIpc) is 2.74. The van der Waals surface area contributed by atoms with Gasteiger partial charge in [-0.15, -0.1) is 0 Å². The monoisotopic (exact) mass is 394 g/mol. The van der Waals surface area contributed by atoms with Crippen LogP contribution < -0.4 is 0 Å². The van der Waals surface area contributed by atoms with Gasteiger partial charge in [-0.25, -0.2) is 0 Å². The third-order valence-corrected chi connectivity index (χ3v) is 5.44. The van der Waals surface area contributed by atoms with E-state index >= 15 is 0 Å². The Morgan fingerprint density at radius 2 is 1.17 bits per heavy atom. The minimum absolute atomic E-state index is 0.120. The van der Waals surface area contributed by atoms with Gasteiger partial charge in [0.2, 0.25) is 0 Å². The van der Waals surface area contributed by atoms with Gasteiger partial charge < -0.3 is 10.2 Å². The molecule has 0 spiro atoms. The first kappa shape index (κ1) is 19.8. The molecule has 0 amide bonds. The van der Waals surface area contributed by atoms with Crippen LogP contribution in [0.25, 0.3) is 33.4 Å². The van der Waals surface area contributed by atoms with Crippen LogP contribution in [-0.2, 0) is 5.41 Å². The molecule has 2 N–H and O–H groups in total. The number of aromatic hydroxyl groups is 2. The fourth-order valence-electron chi connectivity index (χ4n) is 3.90. The molecule has 0 aliphatic heterocycles. The lowest BCUT2D eigenvalue weighted by Crippen LogP contribution is -2.13. The Morgan fingerprint density at radius 1 is 0.567 bits per heavy atom. The molecule has 0 atom stereocenters. The Morgan fingerprint density at radius 3 is 1.77 bits per heavy atom. The van der Waals surface area contributed by atoms with Crippen molar-refractivity contribution in [3.63, 3.8) is 0 Å². The third kappa shape index (κ3) is 3.69. The minimum atomic E-state index is -0.120. The van der Waals surface area contributed by atoms with E-state index in [1.807, 2.05) is 78.9 Å². The van der Waals surface area contributed by atoms with Crippen LogP contribution in [-0.4, -0.2) is 10.2 Å². The lowest BCUT2D eigenvalue weighted by molar-refractivity contribution is 0.474. The first-order valence-electron chi connectivity index (χ1n) is 10.2. The molecule has 0 heterocycles. The molecule has 4 aromatic carbocycles. The number of hydrogen-bond donors (Lipinski definition) is 2. The van der Waals surface area contributed by atoms with Gasteiger partial charge in [0.1, 0.15) is 11.5 Å². The molecular weight excluding hydrogens is 368 g/mol. The topological polar surface area (TPSA) is 40.5 Å². The molecule has 2 nitrogen and oxygen atoms in total. The number of benzene rings is 4. The summed E-state index contributed by atoms with van der Waals surface area (Å²) >= 11 is 0. The van der Waals surface area contributed by atoms with Gasteiger partial charge in [0.25, 0.3) is 0 Å². The molecular formula is C28H26O2. The standard InChI is InChI=1S/C28H26O2/c1-28(2,3)24-16-15-22(27(30)26(24)20-12-8-5-9-13-20)21-14-17-25(29)23(18-21)19-10-6-4-7-11-19/h4-18,29-30H,1-3H3. The number of hydrogen-bond acceptors (Lipinski definition) is 2. The summed E-state index contributed by atoms with van der Waals surface area (Å²) in [5.74, 6) is 0.484. The molecule has 0 aliphatic carbocycles. The highest BCUT2D eigenvalue weighted by Gasteiger charge is 2.24. The van der Waals surface area contributed by atoms with E-state index < -0.39 is 0 Å². The van der Waals surface area contributed by atoms with Gasteiger partial charge in [-0.2, -0.15) is 0 Å². The quantitative estimate of drug-likeness (QED) is 0.380. The van der Waals surface area contributed by atoms with Crippen molar-refractivity contribution in [1.29, 1.82) is 0 Å². The van der Waals surface area contributed by atoms with Crippen LogP contribution in [0.4, 0.5) is 0 Å². The van der Waals surface area contributed by atoms with Crippen LogP contribution in [0.3, 0.4) is 0 Å². The second kappa shape index (κ2) is 7.72. The van der Waals surface area contributed by atoms with Gasteiger partial charge in [-0.3, -0.25) is 0 Å². The van der Waals surface area contributed by atoms with Crippen LogP contribution in [0.15, 0.2) is 91.0 Å². The van der Waals surface area contributed by atoms with Crippen molar-refractivity contribution in [1.82, 2.24) is 0 Å². The highest BCUT2D eigenvalue weighted by atomic mass is 16.3. The van der Waals surface area contributed by atoms with Crippen molar-refractivity contribution in [3.05, 3.63) is 96.6 Å². The van der Waals surface area contributed by atoms with Crippen molar-refractivity contribution in [3.8, 4) is 44.9 Å². The number of rotatable bonds is 3. The molecule has 0 bridgehead atoms. The lowest BCUT2D eigenvalue weighted by Gasteiger charge is -2.25. The number of phenolic OH excluding ortho intramolecular Hbond substituents is 2. The molecule has 0 fully saturated rings. The SMILES string of the molecule is CC(C)(C)c1ccc(-c2ccc(O)c(-c3ccccc3)c2)c(O)c1-c1ccccc1. The Labute approximate surface area is 178 Å². The van der Waals surface area contributed by atoms with E-state index in [0.717, 1.165) is 38.9 Å². The van der Waals surface area contributed by atoms with Crippen LogP contribution in [0.5, 0.6) is 11.5 Å². The Bertz CT molecular complexity index is 1170. The van der Waals surface area contributed by atoms with E-state index in [2.05, 4.69) is 26.8 Å². The summed E-state index contributed by atoms with van der Waals surface area (Å²) in [6.07, 6.45) is 0. The summed E-state index contributed by atoms with van der Waals surface area (Å²) in [7, 11) is 0. The first-order valence-corrected chi connectivity index (χ1v) is 10.2. The Kier molecular flexibility index (Phi) is 5.09. The van der Waals surface area contributed by atoms with Gasteiger partial charge in [0.05, 0.1) is 0 Å². The van der Waals surface area contributed by atoms with Gasteiger partial charge in [-0.1, -0.05) is 99.6 Å². The molecule has 0 unspecified atom stereocenters. The molecule has 2 heteroatoms. The van der Waals surface area contributed by atoms with Crippen LogP contribution in [0.2, 0.25) is 0 Å². The average molecular weight is 395 g/mol. The van der Waals surface area contributed by atoms with Crippen molar-refractivity contribution in [2.75, 3.05) is 0 Å². The highest BCUT2D eigenvalue weighted by molar-refractivity contribution is 5.87. The van der Waals surface area contributed by atoms with E-state index in [1.165, 1.54) is 0 Å². The Balaban J connectivity index is 1.93. The molecule has 150 valence electrons. The first-order chi connectivity index (χ1) is 14.4. The summed E-state index contributed by atoms with van der Waals surface area (Å²) in [4.78, 5) is 0. The summed E-state index contributed by atoms with van der Waals surface area (Å²) in [6.45, 7) is 6.46. The zero-order valence-electron chi connectivity index (χ0n) is 17.6.